The van der Waals surface area contributed by atoms with E-state index < -0.39 is 17.7 Å². The standard InChI is InChI=1S/C19H15F3N2O2/c1-3-26-18(25)13-6-9-15-16(10-13)24-17(11(2)23-15)12-4-7-14(8-5-12)19(20,21)22/h4-10H,3H2,1-2H3. The predicted octanol–water partition coefficient (Wildman–Crippen LogP) is 4.80. The zero-order valence-electron chi connectivity index (χ0n) is 14.1. The maximum atomic E-state index is 12.7. The average Bonchev–Trinajstić information content (AvgIpc) is 2.60. The van der Waals surface area contributed by atoms with Gasteiger partial charge in [0.25, 0.3) is 0 Å². The van der Waals surface area contributed by atoms with E-state index in [1.54, 1.807) is 32.0 Å². The smallest absolute Gasteiger partial charge is 0.416 e. The molecule has 0 aliphatic rings. The van der Waals surface area contributed by atoms with Crippen LogP contribution in [0.4, 0.5) is 13.2 Å². The summed E-state index contributed by atoms with van der Waals surface area (Å²) in [5.74, 6) is -0.465. The van der Waals surface area contributed by atoms with E-state index >= 15 is 0 Å². The predicted molar refractivity (Wildman–Crippen MR) is 90.7 cm³/mol. The van der Waals surface area contributed by atoms with Crippen LogP contribution < -0.4 is 0 Å². The van der Waals surface area contributed by atoms with Gasteiger partial charge in [0.2, 0.25) is 0 Å². The van der Waals surface area contributed by atoms with Crippen LogP contribution in [-0.2, 0) is 10.9 Å². The molecule has 0 aliphatic carbocycles. The van der Waals surface area contributed by atoms with Gasteiger partial charge in [0.05, 0.1) is 40.2 Å². The fourth-order valence-corrected chi connectivity index (χ4v) is 2.57. The molecular weight excluding hydrogens is 345 g/mol. The van der Waals surface area contributed by atoms with Gasteiger partial charge in [-0.3, -0.25) is 0 Å². The summed E-state index contributed by atoms with van der Waals surface area (Å²) < 4.78 is 43.1. The number of hydrogen-bond donors (Lipinski definition) is 0. The minimum atomic E-state index is -4.39. The second-order valence-electron chi connectivity index (χ2n) is 5.66. The van der Waals surface area contributed by atoms with Gasteiger partial charge in [-0.05, 0) is 44.2 Å². The molecule has 0 bridgehead atoms. The van der Waals surface area contributed by atoms with E-state index in [2.05, 4.69) is 9.97 Å². The van der Waals surface area contributed by atoms with Gasteiger partial charge in [-0.15, -0.1) is 0 Å². The lowest BCUT2D eigenvalue weighted by molar-refractivity contribution is -0.137. The molecule has 3 aromatic rings. The molecule has 0 amide bonds. The van der Waals surface area contributed by atoms with Crippen molar-refractivity contribution < 1.29 is 22.7 Å². The molecule has 0 aliphatic heterocycles. The first-order valence-electron chi connectivity index (χ1n) is 7.92. The fourth-order valence-electron chi connectivity index (χ4n) is 2.57. The van der Waals surface area contributed by atoms with Crippen molar-refractivity contribution in [1.29, 1.82) is 0 Å². The Morgan fingerprint density at radius 3 is 2.35 bits per heavy atom. The van der Waals surface area contributed by atoms with Gasteiger partial charge in [0.1, 0.15) is 0 Å². The van der Waals surface area contributed by atoms with Gasteiger partial charge in [-0.2, -0.15) is 13.2 Å². The molecule has 7 heteroatoms. The van der Waals surface area contributed by atoms with Crippen molar-refractivity contribution in [2.45, 2.75) is 20.0 Å². The van der Waals surface area contributed by atoms with Crippen LogP contribution >= 0.6 is 0 Å². The summed E-state index contributed by atoms with van der Waals surface area (Å²) in [6.45, 7) is 3.71. The highest BCUT2D eigenvalue weighted by atomic mass is 19.4. The zero-order chi connectivity index (χ0) is 18.9. The minimum absolute atomic E-state index is 0.257. The third-order valence-electron chi connectivity index (χ3n) is 3.84. The number of carbonyl (C=O) groups excluding carboxylic acids is 1. The van der Waals surface area contributed by atoms with E-state index in [0.29, 0.717) is 33.5 Å². The molecule has 0 spiro atoms. The van der Waals surface area contributed by atoms with Gasteiger partial charge in [-0.25, -0.2) is 14.8 Å². The number of aryl methyl sites for hydroxylation is 1. The monoisotopic (exact) mass is 360 g/mol. The number of esters is 1. The highest BCUT2D eigenvalue weighted by molar-refractivity contribution is 5.93. The Bertz CT molecular complexity index is 967. The van der Waals surface area contributed by atoms with Crippen LogP contribution in [0.3, 0.4) is 0 Å². The normalized spacial score (nSPS) is 11.6. The van der Waals surface area contributed by atoms with Crippen LogP contribution in [0.5, 0.6) is 0 Å². The number of carbonyl (C=O) groups is 1. The third kappa shape index (κ3) is 3.51. The molecule has 0 unspecified atom stereocenters. The van der Waals surface area contributed by atoms with Gasteiger partial charge >= 0.3 is 12.1 Å². The summed E-state index contributed by atoms with van der Waals surface area (Å²) in [7, 11) is 0. The summed E-state index contributed by atoms with van der Waals surface area (Å²) in [4.78, 5) is 20.8. The summed E-state index contributed by atoms with van der Waals surface area (Å²) in [6.07, 6.45) is -4.39. The van der Waals surface area contributed by atoms with Crippen LogP contribution in [0.15, 0.2) is 42.5 Å². The maximum Gasteiger partial charge on any atom is 0.416 e. The van der Waals surface area contributed by atoms with Crippen LogP contribution in [0, 0.1) is 6.92 Å². The number of benzene rings is 2. The molecule has 1 aromatic heterocycles. The van der Waals surface area contributed by atoms with Gasteiger partial charge < -0.3 is 4.74 Å². The molecule has 134 valence electrons. The third-order valence-corrected chi connectivity index (χ3v) is 3.84. The van der Waals surface area contributed by atoms with Crippen molar-refractivity contribution >= 4 is 17.0 Å². The topological polar surface area (TPSA) is 52.1 Å². The molecule has 0 saturated heterocycles. The SMILES string of the molecule is CCOC(=O)c1ccc2nc(C)c(-c3ccc(C(F)(F)F)cc3)nc2c1. The molecule has 26 heavy (non-hydrogen) atoms. The van der Waals surface area contributed by atoms with E-state index in [1.807, 2.05) is 0 Å². The molecule has 0 radical (unpaired) electrons. The number of fused-ring (bicyclic) bond motifs is 1. The van der Waals surface area contributed by atoms with E-state index in [1.165, 1.54) is 12.1 Å². The molecule has 0 saturated carbocycles. The second-order valence-corrected chi connectivity index (χ2v) is 5.66. The Balaban J connectivity index is 2.05. The Morgan fingerprint density at radius 2 is 1.73 bits per heavy atom. The lowest BCUT2D eigenvalue weighted by Crippen LogP contribution is -2.05. The number of rotatable bonds is 3. The number of hydrogen-bond acceptors (Lipinski definition) is 4. The molecular formula is C19H15F3N2O2. The highest BCUT2D eigenvalue weighted by Gasteiger charge is 2.30. The van der Waals surface area contributed by atoms with Crippen LogP contribution in [0.25, 0.3) is 22.3 Å². The Kier molecular flexibility index (Phi) is 4.63. The number of halogens is 3. The highest BCUT2D eigenvalue weighted by Crippen LogP contribution is 2.31. The lowest BCUT2D eigenvalue weighted by atomic mass is 10.1. The molecule has 0 N–H and O–H groups in total. The van der Waals surface area contributed by atoms with Crippen LogP contribution in [-0.4, -0.2) is 22.5 Å². The van der Waals surface area contributed by atoms with E-state index in [0.717, 1.165) is 12.1 Å². The van der Waals surface area contributed by atoms with Crippen LogP contribution in [0.2, 0.25) is 0 Å². The summed E-state index contributed by atoms with van der Waals surface area (Å²) in [5, 5.41) is 0. The maximum absolute atomic E-state index is 12.7. The lowest BCUT2D eigenvalue weighted by Gasteiger charge is -2.10. The first-order chi connectivity index (χ1) is 12.3. The summed E-state index contributed by atoms with van der Waals surface area (Å²) in [6, 6.07) is 9.57. The molecule has 1 heterocycles. The largest absolute Gasteiger partial charge is 0.462 e. The summed E-state index contributed by atoms with van der Waals surface area (Å²) in [5.41, 5.74) is 2.25. The quantitative estimate of drug-likeness (QED) is 0.630. The second kappa shape index (κ2) is 6.74. The fraction of sp³-hybridized carbons (Fsp3) is 0.211. The number of alkyl halides is 3. The number of nitrogens with zero attached hydrogens (tertiary/aromatic N) is 2. The minimum Gasteiger partial charge on any atom is -0.462 e. The van der Waals surface area contributed by atoms with Crippen molar-refractivity contribution in [3.8, 4) is 11.3 Å². The Labute approximate surface area is 147 Å². The zero-order valence-corrected chi connectivity index (χ0v) is 14.1. The summed E-state index contributed by atoms with van der Waals surface area (Å²) >= 11 is 0. The Morgan fingerprint density at radius 1 is 1.04 bits per heavy atom. The first kappa shape index (κ1) is 17.8. The van der Waals surface area contributed by atoms with E-state index in [4.69, 9.17) is 4.74 Å². The van der Waals surface area contributed by atoms with E-state index in [9.17, 15) is 18.0 Å². The van der Waals surface area contributed by atoms with E-state index in [-0.39, 0.29) is 6.61 Å². The van der Waals surface area contributed by atoms with Gasteiger partial charge in [0, 0.05) is 5.56 Å². The molecule has 4 nitrogen and oxygen atoms in total. The molecule has 2 aromatic carbocycles. The van der Waals surface area contributed by atoms with Crippen molar-refractivity contribution in [2.24, 2.45) is 0 Å². The molecule has 0 atom stereocenters. The van der Waals surface area contributed by atoms with Crippen molar-refractivity contribution in [3.63, 3.8) is 0 Å². The average molecular weight is 360 g/mol. The van der Waals surface area contributed by atoms with Crippen molar-refractivity contribution in [2.75, 3.05) is 6.61 Å². The Hall–Kier alpha value is -2.96. The van der Waals surface area contributed by atoms with Gasteiger partial charge in [-0.1, -0.05) is 12.1 Å². The van der Waals surface area contributed by atoms with Crippen LogP contribution in [0.1, 0.15) is 28.5 Å². The van der Waals surface area contributed by atoms with Crippen molar-refractivity contribution in [3.05, 3.63) is 59.3 Å². The van der Waals surface area contributed by atoms with Gasteiger partial charge in [0.15, 0.2) is 0 Å². The van der Waals surface area contributed by atoms with Crippen molar-refractivity contribution in [1.82, 2.24) is 9.97 Å². The molecule has 0 fully saturated rings. The number of aromatic nitrogens is 2. The molecule has 3 rings (SSSR count). The first-order valence-corrected chi connectivity index (χ1v) is 7.92. The number of ether oxygens (including phenoxy) is 1.